The van der Waals surface area contributed by atoms with E-state index in [9.17, 15) is 9.59 Å². The topological polar surface area (TPSA) is 113 Å². The largest absolute Gasteiger partial charge is 0.359 e. The Bertz CT molecular complexity index is 1220. The summed E-state index contributed by atoms with van der Waals surface area (Å²) in [6, 6.07) is 11.9. The average molecular weight is 489 g/mol. The van der Waals surface area contributed by atoms with Gasteiger partial charge in [0.1, 0.15) is 10.7 Å². The number of carbonyl (C=O) groups is 2. The molecule has 4 rings (SSSR count). The standard InChI is InChI=1S/C26H28N6O2S/c1-27-24(33)8-4-2-3-7-21(32-26(34)23-16-29-17-35-23)25-30-15-22(31-25)19-11-9-18(10-12-19)20-6-5-13-28-14-20/h5-6,9-17,21H,2-4,7-8H2,1H3,(H,27,33)(H,30,31)(H,32,34). The van der Waals surface area contributed by atoms with Crippen molar-refractivity contribution in [3.63, 3.8) is 0 Å². The van der Waals surface area contributed by atoms with E-state index in [0.29, 0.717) is 23.5 Å². The molecule has 1 aromatic carbocycles. The molecule has 2 amide bonds. The molecular weight excluding hydrogens is 460 g/mol. The molecule has 0 aliphatic rings. The predicted molar refractivity (Wildman–Crippen MR) is 137 cm³/mol. The SMILES string of the molecule is CNC(=O)CCCCCC(NC(=O)c1cncs1)c1ncc(-c2ccc(-c3cccnc3)cc2)[nH]1. The highest BCUT2D eigenvalue weighted by molar-refractivity contribution is 7.11. The van der Waals surface area contributed by atoms with E-state index in [1.165, 1.54) is 11.3 Å². The Balaban J connectivity index is 1.45. The lowest BCUT2D eigenvalue weighted by molar-refractivity contribution is -0.120. The Labute approximate surface area is 208 Å². The molecule has 0 aliphatic carbocycles. The van der Waals surface area contributed by atoms with E-state index in [1.54, 1.807) is 31.1 Å². The zero-order chi connectivity index (χ0) is 24.5. The first kappa shape index (κ1) is 24.3. The Morgan fingerprint density at radius 1 is 0.971 bits per heavy atom. The van der Waals surface area contributed by atoms with Crippen molar-refractivity contribution in [2.45, 2.75) is 38.1 Å². The second-order valence-corrected chi connectivity index (χ2v) is 9.05. The second kappa shape index (κ2) is 12.0. The van der Waals surface area contributed by atoms with Gasteiger partial charge >= 0.3 is 0 Å². The lowest BCUT2D eigenvalue weighted by atomic mass is 10.0. The number of hydrogen-bond donors (Lipinski definition) is 3. The molecule has 0 radical (unpaired) electrons. The third-order valence-corrected chi connectivity index (χ3v) is 6.53. The molecule has 8 nitrogen and oxygen atoms in total. The zero-order valence-electron chi connectivity index (χ0n) is 19.5. The highest BCUT2D eigenvalue weighted by Crippen LogP contribution is 2.26. The summed E-state index contributed by atoms with van der Waals surface area (Å²) < 4.78 is 0. The number of H-pyrrole nitrogens is 1. The number of aromatic amines is 1. The van der Waals surface area contributed by atoms with E-state index in [4.69, 9.17) is 0 Å². The Hall–Kier alpha value is -3.85. The maximum Gasteiger partial charge on any atom is 0.263 e. The first-order chi connectivity index (χ1) is 17.1. The first-order valence-corrected chi connectivity index (χ1v) is 12.5. The fourth-order valence-electron chi connectivity index (χ4n) is 3.81. The summed E-state index contributed by atoms with van der Waals surface area (Å²) in [5, 5.41) is 5.74. The molecule has 0 saturated heterocycles. The molecule has 4 aromatic rings. The normalized spacial score (nSPS) is 11.7. The average Bonchev–Trinajstić information content (AvgIpc) is 3.61. The Morgan fingerprint density at radius 3 is 2.51 bits per heavy atom. The molecule has 9 heteroatoms. The molecule has 0 saturated carbocycles. The predicted octanol–water partition coefficient (Wildman–Crippen LogP) is 4.76. The van der Waals surface area contributed by atoms with Gasteiger partial charge in [-0.15, -0.1) is 11.3 Å². The highest BCUT2D eigenvalue weighted by atomic mass is 32.1. The Kier molecular flexibility index (Phi) is 8.34. The minimum Gasteiger partial charge on any atom is -0.359 e. The summed E-state index contributed by atoms with van der Waals surface area (Å²) in [5.41, 5.74) is 5.69. The van der Waals surface area contributed by atoms with Crippen LogP contribution < -0.4 is 10.6 Å². The number of rotatable bonds is 11. The maximum absolute atomic E-state index is 12.7. The van der Waals surface area contributed by atoms with Gasteiger partial charge in [-0.1, -0.05) is 43.2 Å². The highest BCUT2D eigenvalue weighted by Gasteiger charge is 2.20. The van der Waals surface area contributed by atoms with Crippen molar-refractivity contribution in [1.29, 1.82) is 0 Å². The van der Waals surface area contributed by atoms with Gasteiger partial charge in [0, 0.05) is 25.9 Å². The van der Waals surface area contributed by atoms with Crippen LogP contribution in [-0.2, 0) is 4.79 Å². The summed E-state index contributed by atoms with van der Waals surface area (Å²) >= 11 is 1.30. The van der Waals surface area contributed by atoms with Gasteiger partial charge in [-0.2, -0.15) is 0 Å². The summed E-state index contributed by atoms with van der Waals surface area (Å²) in [5.74, 6) is 0.590. The van der Waals surface area contributed by atoms with Crippen LogP contribution in [0.15, 0.2) is 66.7 Å². The van der Waals surface area contributed by atoms with E-state index in [-0.39, 0.29) is 17.9 Å². The van der Waals surface area contributed by atoms with Crippen molar-refractivity contribution in [2.75, 3.05) is 7.05 Å². The molecule has 180 valence electrons. The first-order valence-electron chi connectivity index (χ1n) is 11.6. The van der Waals surface area contributed by atoms with Gasteiger partial charge in [0.05, 0.1) is 29.6 Å². The summed E-state index contributed by atoms with van der Waals surface area (Å²) in [6.07, 6.45) is 10.7. The molecule has 0 aliphatic heterocycles. The Morgan fingerprint density at radius 2 is 1.80 bits per heavy atom. The van der Waals surface area contributed by atoms with Gasteiger partial charge < -0.3 is 15.6 Å². The lowest BCUT2D eigenvalue weighted by Crippen LogP contribution is -2.28. The van der Waals surface area contributed by atoms with Crippen molar-refractivity contribution in [3.8, 4) is 22.4 Å². The van der Waals surface area contributed by atoms with Gasteiger partial charge in [-0.3, -0.25) is 19.6 Å². The fraction of sp³-hybridized carbons (Fsp3) is 0.269. The van der Waals surface area contributed by atoms with E-state index in [0.717, 1.165) is 41.6 Å². The summed E-state index contributed by atoms with van der Waals surface area (Å²) in [4.78, 5) is 40.9. The number of benzene rings is 1. The third-order valence-electron chi connectivity index (χ3n) is 5.75. The number of pyridine rings is 1. The molecule has 1 atom stereocenters. The number of amides is 2. The van der Waals surface area contributed by atoms with Crippen LogP contribution in [0.4, 0.5) is 0 Å². The molecule has 0 bridgehead atoms. The van der Waals surface area contributed by atoms with Crippen LogP contribution in [-0.4, -0.2) is 38.8 Å². The quantitative estimate of drug-likeness (QED) is 0.263. The molecule has 3 aromatic heterocycles. The maximum atomic E-state index is 12.7. The zero-order valence-corrected chi connectivity index (χ0v) is 20.3. The number of thiazole rings is 1. The molecular formula is C26H28N6O2S. The van der Waals surface area contributed by atoms with Crippen molar-refractivity contribution in [2.24, 2.45) is 0 Å². The number of nitrogens with zero attached hydrogens (tertiary/aromatic N) is 3. The van der Waals surface area contributed by atoms with Gasteiger partial charge in [0.2, 0.25) is 5.91 Å². The molecule has 0 fully saturated rings. The third kappa shape index (κ3) is 6.60. The molecule has 3 N–H and O–H groups in total. The van der Waals surface area contributed by atoms with Crippen LogP contribution in [0.2, 0.25) is 0 Å². The minimum absolute atomic E-state index is 0.0465. The molecule has 35 heavy (non-hydrogen) atoms. The lowest BCUT2D eigenvalue weighted by Gasteiger charge is -2.16. The summed E-state index contributed by atoms with van der Waals surface area (Å²) in [7, 11) is 1.65. The number of unbranched alkanes of at least 4 members (excludes halogenated alkanes) is 2. The van der Waals surface area contributed by atoms with Crippen molar-refractivity contribution in [1.82, 2.24) is 30.6 Å². The smallest absolute Gasteiger partial charge is 0.263 e. The number of carbonyl (C=O) groups excluding carboxylic acids is 2. The van der Waals surface area contributed by atoms with Gasteiger partial charge in [0.15, 0.2) is 0 Å². The van der Waals surface area contributed by atoms with Gasteiger partial charge in [-0.25, -0.2) is 4.98 Å². The van der Waals surface area contributed by atoms with Crippen molar-refractivity contribution in [3.05, 3.63) is 77.4 Å². The van der Waals surface area contributed by atoms with Crippen LogP contribution in [0.1, 0.15) is 53.6 Å². The van der Waals surface area contributed by atoms with Crippen LogP contribution in [0.3, 0.4) is 0 Å². The molecule has 1 unspecified atom stereocenters. The van der Waals surface area contributed by atoms with E-state index >= 15 is 0 Å². The van der Waals surface area contributed by atoms with E-state index < -0.39 is 0 Å². The number of hydrogen-bond acceptors (Lipinski definition) is 6. The van der Waals surface area contributed by atoms with Crippen LogP contribution in [0, 0.1) is 0 Å². The molecule has 3 heterocycles. The van der Waals surface area contributed by atoms with Crippen LogP contribution in [0.5, 0.6) is 0 Å². The second-order valence-electron chi connectivity index (χ2n) is 8.17. The van der Waals surface area contributed by atoms with E-state index in [1.807, 2.05) is 30.5 Å². The van der Waals surface area contributed by atoms with Crippen molar-refractivity contribution < 1.29 is 9.59 Å². The number of imidazole rings is 1. The number of nitrogens with one attached hydrogen (secondary N) is 3. The summed E-state index contributed by atoms with van der Waals surface area (Å²) in [6.45, 7) is 0. The van der Waals surface area contributed by atoms with Gasteiger partial charge in [0.25, 0.3) is 5.91 Å². The molecule has 0 spiro atoms. The fourth-order valence-corrected chi connectivity index (χ4v) is 4.33. The van der Waals surface area contributed by atoms with Crippen LogP contribution >= 0.6 is 11.3 Å². The van der Waals surface area contributed by atoms with Crippen molar-refractivity contribution >= 4 is 23.2 Å². The van der Waals surface area contributed by atoms with Crippen LogP contribution in [0.25, 0.3) is 22.4 Å². The monoisotopic (exact) mass is 488 g/mol. The minimum atomic E-state index is -0.270. The van der Waals surface area contributed by atoms with E-state index in [2.05, 4.69) is 42.7 Å². The number of aromatic nitrogens is 4. The van der Waals surface area contributed by atoms with Gasteiger partial charge in [-0.05, 0) is 35.6 Å².